The van der Waals surface area contributed by atoms with Crippen molar-refractivity contribution in [3.05, 3.63) is 60.4 Å². The second-order valence-electron chi connectivity index (χ2n) is 8.58. The highest BCUT2D eigenvalue weighted by molar-refractivity contribution is 6.30. The lowest BCUT2D eigenvalue weighted by atomic mass is 10.1. The third-order valence-electron chi connectivity index (χ3n) is 6.25. The summed E-state index contributed by atoms with van der Waals surface area (Å²) < 4.78 is 7.26. The van der Waals surface area contributed by atoms with Crippen LogP contribution in [0.25, 0.3) is 28.0 Å². The largest absolute Gasteiger partial charge is 0.450 e. The smallest absolute Gasteiger partial charge is 0.410 e. The van der Waals surface area contributed by atoms with Crippen LogP contribution in [0.4, 0.5) is 10.6 Å². The fourth-order valence-electron chi connectivity index (χ4n) is 4.60. The van der Waals surface area contributed by atoms with Crippen molar-refractivity contribution in [2.24, 2.45) is 0 Å². The van der Waals surface area contributed by atoms with Gasteiger partial charge in [0.1, 0.15) is 12.1 Å². The van der Waals surface area contributed by atoms with Crippen molar-refractivity contribution in [1.29, 1.82) is 0 Å². The van der Waals surface area contributed by atoms with Crippen molar-refractivity contribution < 1.29 is 9.53 Å². The number of piperazine rings is 1. The van der Waals surface area contributed by atoms with Crippen LogP contribution < -0.4 is 4.90 Å². The number of benzene rings is 1. The standard InChI is InChI=1S/C25H26ClN7O2/c1-4-35-25(34)32-13-16(2)31(12-17(32)3)23-22-20(21-11-27-8-9-28-21)14-33(24(22)30-15-29-23)19-7-5-6-18(26)10-19/h5-11,14-17H,4,12-13H2,1-3H3/t16-,17+/m0/s1. The molecule has 3 aromatic heterocycles. The van der Waals surface area contributed by atoms with Gasteiger partial charge in [0.25, 0.3) is 0 Å². The Balaban J connectivity index is 1.65. The Labute approximate surface area is 208 Å². The highest BCUT2D eigenvalue weighted by Gasteiger charge is 2.35. The molecule has 0 unspecified atom stereocenters. The SMILES string of the molecule is CCOC(=O)N1C[C@H](C)N(c2ncnc3c2c(-c2cnccn2)cn3-c2cccc(Cl)c2)C[C@H]1C. The summed E-state index contributed by atoms with van der Waals surface area (Å²) in [4.78, 5) is 34.7. The Kier molecular flexibility index (Phi) is 6.25. The first kappa shape index (κ1) is 23.0. The van der Waals surface area contributed by atoms with Crippen molar-refractivity contribution in [1.82, 2.24) is 29.4 Å². The molecule has 0 aliphatic carbocycles. The van der Waals surface area contributed by atoms with E-state index in [1.165, 1.54) is 0 Å². The van der Waals surface area contributed by atoms with Crippen LogP contribution in [0.5, 0.6) is 0 Å². The van der Waals surface area contributed by atoms with Crippen molar-refractivity contribution in [2.45, 2.75) is 32.9 Å². The van der Waals surface area contributed by atoms with Gasteiger partial charge in [0.2, 0.25) is 0 Å². The van der Waals surface area contributed by atoms with Gasteiger partial charge in [-0.15, -0.1) is 0 Å². The Morgan fingerprint density at radius 2 is 2.00 bits per heavy atom. The van der Waals surface area contributed by atoms with E-state index in [4.69, 9.17) is 21.3 Å². The van der Waals surface area contributed by atoms with E-state index >= 15 is 0 Å². The summed E-state index contributed by atoms with van der Waals surface area (Å²) in [6.07, 6.45) is 8.35. The lowest BCUT2D eigenvalue weighted by Gasteiger charge is -2.44. The highest BCUT2D eigenvalue weighted by Crippen LogP contribution is 2.37. The second kappa shape index (κ2) is 9.50. The monoisotopic (exact) mass is 491 g/mol. The van der Waals surface area contributed by atoms with E-state index in [2.05, 4.69) is 26.8 Å². The first-order valence-corrected chi connectivity index (χ1v) is 11.9. The van der Waals surface area contributed by atoms with Crippen LogP contribution in [0.3, 0.4) is 0 Å². The number of ether oxygens (including phenoxy) is 1. The molecule has 4 aromatic rings. The minimum absolute atomic E-state index is 0.0120. The summed E-state index contributed by atoms with van der Waals surface area (Å²) in [6.45, 7) is 7.41. The van der Waals surface area contributed by atoms with Gasteiger partial charge in [0.05, 0.1) is 23.9 Å². The van der Waals surface area contributed by atoms with Crippen molar-refractivity contribution in [3.8, 4) is 16.9 Å². The van der Waals surface area contributed by atoms with E-state index in [-0.39, 0.29) is 18.2 Å². The summed E-state index contributed by atoms with van der Waals surface area (Å²) in [7, 11) is 0. The van der Waals surface area contributed by atoms with Gasteiger partial charge in [-0.05, 0) is 39.0 Å². The lowest BCUT2D eigenvalue weighted by molar-refractivity contribution is 0.0829. The minimum Gasteiger partial charge on any atom is -0.450 e. The molecule has 0 radical (unpaired) electrons. The molecule has 10 heteroatoms. The zero-order chi connectivity index (χ0) is 24.5. The highest BCUT2D eigenvalue weighted by atomic mass is 35.5. The quantitative estimate of drug-likeness (QED) is 0.412. The van der Waals surface area contributed by atoms with Crippen molar-refractivity contribution in [2.75, 3.05) is 24.6 Å². The first-order chi connectivity index (χ1) is 17.0. The normalized spacial score (nSPS) is 18.2. The van der Waals surface area contributed by atoms with Gasteiger partial charge in [-0.2, -0.15) is 0 Å². The number of rotatable bonds is 4. The van der Waals surface area contributed by atoms with Crippen LogP contribution in [0.2, 0.25) is 5.02 Å². The Bertz CT molecular complexity index is 1360. The first-order valence-electron chi connectivity index (χ1n) is 11.6. The summed E-state index contributed by atoms with van der Waals surface area (Å²) in [6, 6.07) is 7.59. The third-order valence-corrected chi connectivity index (χ3v) is 6.48. The Morgan fingerprint density at radius 3 is 2.74 bits per heavy atom. The number of aromatic nitrogens is 5. The van der Waals surface area contributed by atoms with Gasteiger partial charge in [0.15, 0.2) is 5.65 Å². The number of nitrogens with zero attached hydrogens (tertiary/aromatic N) is 7. The molecule has 35 heavy (non-hydrogen) atoms. The third kappa shape index (κ3) is 4.27. The summed E-state index contributed by atoms with van der Waals surface area (Å²) in [5.74, 6) is 0.791. The van der Waals surface area contributed by atoms with Crippen LogP contribution in [0, 0.1) is 0 Å². The molecule has 2 atom stereocenters. The predicted molar refractivity (Wildman–Crippen MR) is 135 cm³/mol. The maximum Gasteiger partial charge on any atom is 0.410 e. The number of carbonyl (C=O) groups excluding carboxylic acids is 1. The molecular formula is C25H26ClN7O2. The zero-order valence-corrected chi connectivity index (χ0v) is 20.6. The fourth-order valence-corrected chi connectivity index (χ4v) is 4.79. The second-order valence-corrected chi connectivity index (χ2v) is 9.02. The molecule has 1 fully saturated rings. The molecule has 4 heterocycles. The van der Waals surface area contributed by atoms with Crippen LogP contribution in [0.1, 0.15) is 20.8 Å². The topological polar surface area (TPSA) is 89.3 Å². The predicted octanol–water partition coefficient (Wildman–Crippen LogP) is 4.59. The van der Waals surface area contributed by atoms with Gasteiger partial charge in [-0.3, -0.25) is 9.97 Å². The van der Waals surface area contributed by atoms with Crippen molar-refractivity contribution >= 4 is 34.5 Å². The van der Waals surface area contributed by atoms with E-state index in [0.717, 1.165) is 33.8 Å². The number of hydrogen-bond acceptors (Lipinski definition) is 7. The van der Waals surface area contributed by atoms with Gasteiger partial charge >= 0.3 is 6.09 Å². The van der Waals surface area contributed by atoms with Gasteiger partial charge in [-0.1, -0.05) is 17.7 Å². The molecule has 1 aliphatic rings. The van der Waals surface area contributed by atoms with E-state index in [1.54, 1.807) is 29.8 Å². The fraction of sp³-hybridized carbons (Fsp3) is 0.320. The summed E-state index contributed by atoms with van der Waals surface area (Å²) >= 11 is 6.30. The average Bonchev–Trinajstić information content (AvgIpc) is 3.26. The maximum atomic E-state index is 12.5. The van der Waals surface area contributed by atoms with Gasteiger partial charge < -0.3 is 19.1 Å². The van der Waals surface area contributed by atoms with Crippen LogP contribution in [-0.4, -0.2) is 67.3 Å². The molecule has 0 saturated carbocycles. The lowest BCUT2D eigenvalue weighted by Crippen LogP contribution is -2.58. The van der Waals surface area contributed by atoms with E-state index in [1.807, 2.05) is 48.9 Å². The van der Waals surface area contributed by atoms with Crippen LogP contribution in [-0.2, 0) is 4.74 Å². The summed E-state index contributed by atoms with van der Waals surface area (Å²) in [5, 5.41) is 1.51. The molecule has 1 aromatic carbocycles. The number of anilines is 1. The minimum atomic E-state index is -0.285. The molecule has 1 saturated heterocycles. The van der Waals surface area contributed by atoms with Gasteiger partial charge in [-0.25, -0.2) is 14.8 Å². The van der Waals surface area contributed by atoms with E-state index < -0.39 is 0 Å². The number of amides is 1. The number of fused-ring (bicyclic) bond motifs is 1. The maximum absolute atomic E-state index is 12.5. The number of carbonyl (C=O) groups is 1. The Morgan fingerprint density at radius 1 is 1.14 bits per heavy atom. The molecule has 1 amide bonds. The van der Waals surface area contributed by atoms with Crippen molar-refractivity contribution in [3.63, 3.8) is 0 Å². The molecule has 0 N–H and O–H groups in total. The summed E-state index contributed by atoms with van der Waals surface area (Å²) in [5.41, 5.74) is 3.22. The van der Waals surface area contributed by atoms with Crippen LogP contribution >= 0.6 is 11.6 Å². The molecule has 9 nitrogen and oxygen atoms in total. The molecular weight excluding hydrogens is 466 g/mol. The molecule has 0 spiro atoms. The number of hydrogen-bond donors (Lipinski definition) is 0. The van der Waals surface area contributed by atoms with E-state index in [0.29, 0.717) is 24.7 Å². The Hall–Kier alpha value is -3.72. The molecule has 0 bridgehead atoms. The van der Waals surface area contributed by atoms with E-state index in [9.17, 15) is 4.79 Å². The van der Waals surface area contributed by atoms with Gasteiger partial charge in [0, 0.05) is 60.0 Å². The molecule has 180 valence electrons. The average molecular weight is 492 g/mol. The zero-order valence-electron chi connectivity index (χ0n) is 19.8. The molecule has 1 aliphatic heterocycles. The van der Waals surface area contributed by atoms with Crippen LogP contribution in [0.15, 0.2) is 55.4 Å². The number of halogens is 1. The molecule has 5 rings (SSSR count).